The summed E-state index contributed by atoms with van der Waals surface area (Å²) in [7, 11) is 1.52. The molecule has 0 atom stereocenters. The Morgan fingerprint density at radius 2 is 1.96 bits per heavy atom. The summed E-state index contributed by atoms with van der Waals surface area (Å²) in [6, 6.07) is 4.87. The Morgan fingerprint density at radius 3 is 2.43 bits per heavy atom. The molecule has 0 unspecified atom stereocenters. The van der Waals surface area contributed by atoms with Gasteiger partial charge in [0.05, 0.1) is 0 Å². The van der Waals surface area contributed by atoms with Gasteiger partial charge in [-0.2, -0.15) is 0 Å². The average Bonchev–Trinajstić information content (AvgIpc) is 2.46. The van der Waals surface area contributed by atoms with Crippen molar-refractivity contribution >= 4 is 23.5 Å². The van der Waals surface area contributed by atoms with Crippen molar-refractivity contribution in [3.05, 3.63) is 23.8 Å². The van der Waals surface area contributed by atoms with Gasteiger partial charge < -0.3 is 20.5 Å². The van der Waals surface area contributed by atoms with Crippen LogP contribution in [0.4, 0.5) is 5.69 Å². The van der Waals surface area contributed by atoms with E-state index in [0.29, 0.717) is 24.3 Å². The first-order chi connectivity index (χ1) is 10.9. The van der Waals surface area contributed by atoms with E-state index in [4.69, 9.17) is 9.84 Å². The van der Waals surface area contributed by atoms with Gasteiger partial charge in [0, 0.05) is 12.7 Å². The minimum atomic E-state index is -1.06. The molecule has 0 heterocycles. The van der Waals surface area contributed by atoms with Crippen LogP contribution < -0.4 is 15.4 Å². The molecule has 0 radical (unpaired) electrons. The van der Waals surface area contributed by atoms with Crippen LogP contribution in [-0.2, 0) is 14.4 Å². The second kappa shape index (κ2) is 6.68. The van der Waals surface area contributed by atoms with Gasteiger partial charge in [0.15, 0.2) is 6.61 Å². The Bertz CT molecular complexity index is 637. The molecule has 7 nitrogen and oxygen atoms in total. The number of carbonyl (C=O) groups excluding carboxylic acids is 2. The molecule has 0 aliphatic heterocycles. The molecule has 7 heteroatoms. The van der Waals surface area contributed by atoms with Gasteiger partial charge in [0.25, 0.3) is 0 Å². The van der Waals surface area contributed by atoms with Crippen molar-refractivity contribution in [2.75, 3.05) is 19.0 Å². The summed E-state index contributed by atoms with van der Waals surface area (Å²) in [5.74, 6) is -1.23. The fourth-order valence-electron chi connectivity index (χ4n) is 2.58. The Morgan fingerprint density at radius 1 is 1.26 bits per heavy atom. The minimum absolute atomic E-state index is 0.264. The van der Waals surface area contributed by atoms with E-state index in [1.807, 2.05) is 0 Å². The van der Waals surface area contributed by atoms with Gasteiger partial charge in [-0.15, -0.1) is 0 Å². The molecule has 1 saturated carbocycles. The van der Waals surface area contributed by atoms with Crippen molar-refractivity contribution < 1.29 is 24.2 Å². The average molecular weight is 320 g/mol. The number of aliphatic carboxylic acids is 1. The summed E-state index contributed by atoms with van der Waals surface area (Å²) >= 11 is 0. The van der Waals surface area contributed by atoms with E-state index in [9.17, 15) is 14.4 Å². The van der Waals surface area contributed by atoms with Crippen LogP contribution in [0.3, 0.4) is 0 Å². The number of hydrogen-bond donors (Lipinski definition) is 3. The number of carbonyl (C=O) groups is 3. The number of carboxylic acids is 1. The van der Waals surface area contributed by atoms with E-state index in [-0.39, 0.29) is 11.8 Å². The predicted molar refractivity (Wildman–Crippen MR) is 83.3 cm³/mol. The third kappa shape index (κ3) is 3.44. The van der Waals surface area contributed by atoms with Crippen LogP contribution in [0.1, 0.15) is 24.8 Å². The maximum Gasteiger partial charge on any atom is 0.341 e. The molecular weight excluding hydrogens is 300 g/mol. The number of benzene rings is 1. The Balaban J connectivity index is 2.09. The van der Waals surface area contributed by atoms with Gasteiger partial charge in [-0.25, -0.2) is 4.79 Å². The molecule has 1 aromatic rings. The summed E-state index contributed by atoms with van der Waals surface area (Å²) in [4.78, 5) is 35.0. The lowest BCUT2D eigenvalue weighted by Gasteiger charge is -2.38. The standard InChI is InChI=1S/C16H20N2O5/c1-10-8-11(23-9-13(19)20)4-5-12(10)18-15(22)16(6-3-7-16)14(21)17-2/h4-5,8H,3,6-7,9H2,1-2H3,(H,17,21)(H,18,22)(H,19,20). The third-order valence-electron chi connectivity index (χ3n) is 4.11. The molecular formula is C16H20N2O5. The van der Waals surface area contributed by atoms with E-state index in [1.54, 1.807) is 25.1 Å². The molecule has 23 heavy (non-hydrogen) atoms. The highest BCUT2D eigenvalue weighted by atomic mass is 16.5. The molecule has 0 bridgehead atoms. The number of anilines is 1. The maximum absolute atomic E-state index is 12.5. The minimum Gasteiger partial charge on any atom is -0.482 e. The van der Waals surface area contributed by atoms with E-state index in [0.717, 1.165) is 12.0 Å². The van der Waals surface area contributed by atoms with Gasteiger partial charge in [0.2, 0.25) is 11.8 Å². The van der Waals surface area contributed by atoms with Crippen molar-refractivity contribution in [1.29, 1.82) is 0 Å². The van der Waals surface area contributed by atoms with Crippen molar-refractivity contribution in [1.82, 2.24) is 5.32 Å². The molecule has 2 amide bonds. The number of aryl methyl sites for hydroxylation is 1. The number of carboxylic acid groups (broad SMARTS) is 1. The topological polar surface area (TPSA) is 105 Å². The highest BCUT2D eigenvalue weighted by molar-refractivity contribution is 6.11. The van der Waals surface area contributed by atoms with Gasteiger partial charge in [-0.1, -0.05) is 6.42 Å². The monoisotopic (exact) mass is 320 g/mol. The zero-order chi connectivity index (χ0) is 17.0. The first-order valence-corrected chi connectivity index (χ1v) is 7.38. The second-order valence-corrected chi connectivity index (χ2v) is 5.63. The lowest BCUT2D eigenvalue weighted by atomic mass is 9.67. The maximum atomic E-state index is 12.5. The van der Waals surface area contributed by atoms with Crippen LogP contribution >= 0.6 is 0 Å². The fraction of sp³-hybridized carbons (Fsp3) is 0.438. The second-order valence-electron chi connectivity index (χ2n) is 5.63. The molecule has 0 aromatic heterocycles. The number of rotatable bonds is 6. The Hall–Kier alpha value is -2.57. The van der Waals surface area contributed by atoms with Crippen LogP contribution in [-0.4, -0.2) is 36.5 Å². The van der Waals surface area contributed by atoms with E-state index in [2.05, 4.69) is 10.6 Å². The summed E-state index contributed by atoms with van der Waals surface area (Å²) in [5, 5.41) is 13.9. The first kappa shape index (κ1) is 16.8. The van der Waals surface area contributed by atoms with Gasteiger partial charge in [-0.05, 0) is 43.5 Å². The van der Waals surface area contributed by atoms with Crippen molar-refractivity contribution in [2.24, 2.45) is 5.41 Å². The quantitative estimate of drug-likeness (QED) is 0.686. The lowest BCUT2D eigenvalue weighted by molar-refractivity contribution is -0.146. The fourth-order valence-corrected chi connectivity index (χ4v) is 2.58. The third-order valence-corrected chi connectivity index (χ3v) is 4.11. The molecule has 124 valence electrons. The van der Waals surface area contributed by atoms with Crippen LogP contribution in [0, 0.1) is 12.3 Å². The van der Waals surface area contributed by atoms with Crippen molar-refractivity contribution in [2.45, 2.75) is 26.2 Å². The van der Waals surface area contributed by atoms with E-state index < -0.39 is 18.0 Å². The van der Waals surface area contributed by atoms with Gasteiger partial charge >= 0.3 is 5.97 Å². The van der Waals surface area contributed by atoms with Crippen molar-refractivity contribution in [3.8, 4) is 5.75 Å². The van der Waals surface area contributed by atoms with Gasteiger partial charge in [-0.3, -0.25) is 9.59 Å². The predicted octanol–water partition coefficient (Wildman–Crippen LogP) is 1.31. The van der Waals surface area contributed by atoms with Crippen LogP contribution in [0.15, 0.2) is 18.2 Å². The zero-order valence-corrected chi connectivity index (χ0v) is 13.1. The molecule has 0 saturated heterocycles. The number of hydrogen-bond acceptors (Lipinski definition) is 4. The largest absolute Gasteiger partial charge is 0.482 e. The highest BCUT2D eigenvalue weighted by Gasteiger charge is 2.50. The summed E-state index contributed by atoms with van der Waals surface area (Å²) in [6.45, 7) is 1.35. The molecule has 0 spiro atoms. The van der Waals surface area contributed by atoms with Crippen LogP contribution in [0.2, 0.25) is 0 Å². The van der Waals surface area contributed by atoms with Crippen molar-refractivity contribution in [3.63, 3.8) is 0 Å². The SMILES string of the molecule is CNC(=O)C1(C(=O)Nc2ccc(OCC(=O)O)cc2C)CCC1. The number of amides is 2. The molecule has 3 N–H and O–H groups in total. The molecule has 2 rings (SSSR count). The smallest absolute Gasteiger partial charge is 0.341 e. The molecule has 1 aliphatic carbocycles. The summed E-state index contributed by atoms with van der Waals surface area (Å²) < 4.78 is 5.09. The molecule has 1 fully saturated rings. The highest BCUT2D eigenvalue weighted by Crippen LogP contribution is 2.42. The summed E-state index contributed by atoms with van der Waals surface area (Å²) in [6.07, 6.45) is 1.93. The van der Waals surface area contributed by atoms with Gasteiger partial charge in [0.1, 0.15) is 11.2 Å². The normalized spacial score (nSPS) is 15.2. The van der Waals surface area contributed by atoms with Crippen LogP contribution in [0.25, 0.3) is 0 Å². The van der Waals surface area contributed by atoms with E-state index in [1.165, 1.54) is 7.05 Å². The molecule has 1 aliphatic rings. The zero-order valence-electron chi connectivity index (χ0n) is 13.1. The molecule has 1 aromatic carbocycles. The Labute approximate surface area is 134 Å². The first-order valence-electron chi connectivity index (χ1n) is 7.38. The Kier molecular flexibility index (Phi) is 4.88. The van der Waals surface area contributed by atoms with Crippen LogP contribution in [0.5, 0.6) is 5.75 Å². The lowest BCUT2D eigenvalue weighted by Crippen LogP contribution is -2.52. The summed E-state index contributed by atoms with van der Waals surface area (Å²) in [5.41, 5.74) is 0.320. The number of ether oxygens (including phenoxy) is 1. The number of nitrogens with one attached hydrogen (secondary N) is 2. The van der Waals surface area contributed by atoms with E-state index >= 15 is 0 Å².